The van der Waals surface area contributed by atoms with Crippen LogP contribution in [0.15, 0.2) is 39.5 Å². The molecule has 1 aromatic carbocycles. The summed E-state index contributed by atoms with van der Waals surface area (Å²) in [7, 11) is 0. The van der Waals surface area contributed by atoms with Gasteiger partial charge in [-0.2, -0.15) is 0 Å². The molecule has 0 fully saturated rings. The summed E-state index contributed by atoms with van der Waals surface area (Å²) in [4.78, 5) is 0. The van der Waals surface area contributed by atoms with Crippen LogP contribution in [-0.2, 0) is 0 Å². The van der Waals surface area contributed by atoms with E-state index in [0.29, 0.717) is 22.6 Å². The zero-order valence-corrected chi connectivity index (χ0v) is 11.2. The zero-order valence-electron chi connectivity index (χ0n) is 10.5. The number of furan rings is 1. The Morgan fingerprint density at radius 2 is 2.05 bits per heavy atom. The van der Waals surface area contributed by atoms with Gasteiger partial charge in [-0.3, -0.25) is 0 Å². The van der Waals surface area contributed by atoms with Crippen molar-refractivity contribution in [1.82, 2.24) is 5.16 Å². The first-order valence-corrected chi connectivity index (χ1v) is 6.20. The molecule has 0 aliphatic rings. The van der Waals surface area contributed by atoms with Crippen molar-refractivity contribution in [3.05, 3.63) is 46.9 Å². The Kier molecular flexibility index (Phi) is 2.99. The number of aryl methyl sites for hydroxylation is 1. The number of rotatable bonds is 2. The van der Waals surface area contributed by atoms with E-state index in [9.17, 15) is 4.39 Å². The average Bonchev–Trinajstić information content (AvgIpc) is 2.96. The molecule has 2 heterocycles. The second kappa shape index (κ2) is 4.68. The van der Waals surface area contributed by atoms with Crippen molar-refractivity contribution in [2.24, 2.45) is 0 Å². The van der Waals surface area contributed by atoms with E-state index >= 15 is 0 Å². The van der Waals surface area contributed by atoms with Gasteiger partial charge in [0.1, 0.15) is 5.82 Å². The molecule has 0 unspecified atom stereocenters. The molecular formula is C14H10ClFN2O2. The van der Waals surface area contributed by atoms with Crippen molar-refractivity contribution in [3.8, 4) is 22.6 Å². The van der Waals surface area contributed by atoms with Gasteiger partial charge in [0, 0.05) is 5.56 Å². The molecule has 0 saturated carbocycles. The highest BCUT2D eigenvalue weighted by Gasteiger charge is 2.23. The number of halogens is 2. The van der Waals surface area contributed by atoms with Crippen LogP contribution < -0.4 is 5.73 Å². The third kappa shape index (κ3) is 1.96. The second-order valence-corrected chi connectivity index (χ2v) is 4.74. The van der Waals surface area contributed by atoms with Crippen LogP contribution in [0.2, 0.25) is 5.02 Å². The molecular weight excluding hydrogens is 283 g/mol. The SMILES string of the molecule is Cc1ccoc1-c1onc(N)c1-c1ccc(F)cc1Cl. The van der Waals surface area contributed by atoms with E-state index in [1.54, 1.807) is 12.3 Å². The van der Waals surface area contributed by atoms with E-state index < -0.39 is 5.82 Å². The number of nitrogens with zero attached hydrogens (tertiary/aromatic N) is 1. The first-order valence-electron chi connectivity index (χ1n) is 5.83. The maximum Gasteiger partial charge on any atom is 0.212 e. The molecule has 3 aromatic rings. The van der Waals surface area contributed by atoms with Crippen LogP contribution in [0, 0.1) is 12.7 Å². The molecule has 0 radical (unpaired) electrons. The van der Waals surface area contributed by atoms with Crippen LogP contribution in [0.25, 0.3) is 22.6 Å². The standard InChI is InChI=1S/C14H10ClFN2O2/c1-7-4-5-19-12(7)13-11(14(17)18-20-13)9-3-2-8(16)6-10(9)15/h2-6H,1H3,(H2,17,18). The average molecular weight is 293 g/mol. The number of hydrogen-bond acceptors (Lipinski definition) is 4. The van der Waals surface area contributed by atoms with Gasteiger partial charge in [0.05, 0.1) is 16.8 Å². The molecule has 0 bridgehead atoms. The van der Waals surface area contributed by atoms with Crippen LogP contribution in [0.4, 0.5) is 10.2 Å². The van der Waals surface area contributed by atoms with E-state index in [1.165, 1.54) is 18.2 Å². The van der Waals surface area contributed by atoms with Gasteiger partial charge in [-0.1, -0.05) is 16.8 Å². The van der Waals surface area contributed by atoms with E-state index in [-0.39, 0.29) is 10.8 Å². The molecule has 2 aromatic heterocycles. The smallest absolute Gasteiger partial charge is 0.212 e. The summed E-state index contributed by atoms with van der Waals surface area (Å²) in [6.45, 7) is 1.87. The molecule has 4 nitrogen and oxygen atoms in total. The van der Waals surface area contributed by atoms with Crippen LogP contribution in [0.1, 0.15) is 5.56 Å². The first kappa shape index (κ1) is 12.7. The molecule has 20 heavy (non-hydrogen) atoms. The summed E-state index contributed by atoms with van der Waals surface area (Å²) in [5.41, 5.74) is 7.75. The number of nitrogens with two attached hydrogens (primary N) is 1. The van der Waals surface area contributed by atoms with Gasteiger partial charge in [-0.05, 0) is 36.8 Å². The molecule has 0 aliphatic carbocycles. The highest BCUT2D eigenvalue weighted by atomic mass is 35.5. The molecule has 3 rings (SSSR count). The normalized spacial score (nSPS) is 10.9. The predicted octanol–water partition coefficient (Wildman–Crippen LogP) is 4.28. The molecule has 6 heteroatoms. The lowest BCUT2D eigenvalue weighted by Gasteiger charge is -2.04. The highest BCUT2D eigenvalue weighted by Crippen LogP contribution is 2.41. The summed E-state index contributed by atoms with van der Waals surface area (Å²) >= 11 is 6.07. The van der Waals surface area contributed by atoms with Crippen LogP contribution >= 0.6 is 11.6 Å². The largest absolute Gasteiger partial charge is 0.461 e. The summed E-state index contributed by atoms with van der Waals surface area (Å²) in [6, 6.07) is 5.83. The molecule has 0 amide bonds. The van der Waals surface area contributed by atoms with Crippen molar-refractivity contribution >= 4 is 17.4 Å². The minimum Gasteiger partial charge on any atom is -0.461 e. The maximum atomic E-state index is 13.2. The maximum absolute atomic E-state index is 13.2. The summed E-state index contributed by atoms with van der Waals surface area (Å²) in [5.74, 6) is 0.636. The Morgan fingerprint density at radius 1 is 1.25 bits per heavy atom. The van der Waals surface area contributed by atoms with E-state index in [1.807, 2.05) is 6.92 Å². The third-order valence-corrected chi connectivity index (χ3v) is 3.30. The van der Waals surface area contributed by atoms with E-state index in [0.717, 1.165) is 5.56 Å². The van der Waals surface area contributed by atoms with E-state index in [4.69, 9.17) is 26.3 Å². The van der Waals surface area contributed by atoms with E-state index in [2.05, 4.69) is 5.16 Å². The molecule has 0 saturated heterocycles. The summed E-state index contributed by atoms with van der Waals surface area (Å²) < 4.78 is 23.8. The summed E-state index contributed by atoms with van der Waals surface area (Å²) in [6.07, 6.45) is 1.54. The lowest BCUT2D eigenvalue weighted by atomic mass is 10.0. The Balaban J connectivity index is 2.24. The topological polar surface area (TPSA) is 65.2 Å². The van der Waals surface area contributed by atoms with Crippen molar-refractivity contribution in [3.63, 3.8) is 0 Å². The molecule has 0 atom stereocenters. The fourth-order valence-electron chi connectivity index (χ4n) is 2.02. The Hall–Kier alpha value is -2.27. The number of aromatic nitrogens is 1. The van der Waals surface area contributed by atoms with Crippen LogP contribution in [0.5, 0.6) is 0 Å². The zero-order chi connectivity index (χ0) is 14.3. The highest BCUT2D eigenvalue weighted by molar-refractivity contribution is 6.33. The minimum absolute atomic E-state index is 0.171. The minimum atomic E-state index is -0.426. The van der Waals surface area contributed by atoms with Crippen molar-refractivity contribution in [2.75, 3.05) is 5.73 Å². The third-order valence-electron chi connectivity index (χ3n) is 2.99. The van der Waals surface area contributed by atoms with Crippen LogP contribution in [-0.4, -0.2) is 5.16 Å². The molecule has 2 N–H and O–H groups in total. The van der Waals surface area contributed by atoms with Gasteiger partial charge in [-0.25, -0.2) is 4.39 Å². The second-order valence-electron chi connectivity index (χ2n) is 4.33. The fourth-order valence-corrected chi connectivity index (χ4v) is 2.28. The van der Waals surface area contributed by atoms with Gasteiger partial charge in [0.15, 0.2) is 11.6 Å². The Labute approximate surface area is 118 Å². The van der Waals surface area contributed by atoms with Gasteiger partial charge in [0.25, 0.3) is 0 Å². The van der Waals surface area contributed by atoms with Crippen molar-refractivity contribution < 1.29 is 13.3 Å². The Bertz CT molecular complexity index is 779. The fraction of sp³-hybridized carbons (Fsp3) is 0.0714. The predicted molar refractivity (Wildman–Crippen MR) is 73.8 cm³/mol. The van der Waals surface area contributed by atoms with Crippen LogP contribution in [0.3, 0.4) is 0 Å². The molecule has 0 aliphatic heterocycles. The number of nitrogen functional groups attached to an aromatic ring is 1. The lowest BCUT2D eigenvalue weighted by Crippen LogP contribution is -1.90. The Morgan fingerprint density at radius 3 is 2.70 bits per heavy atom. The lowest BCUT2D eigenvalue weighted by molar-refractivity contribution is 0.421. The monoisotopic (exact) mass is 292 g/mol. The van der Waals surface area contributed by atoms with Gasteiger partial charge in [-0.15, -0.1) is 0 Å². The number of hydrogen-bond donors (Lipinski definition) is 1. The van der Waals surface area contributed by atoms with Crippen molar-refractivity contribution in [2.45, 2.75) is 6.92 Å². The first-order chi connectivity index (χ1) is 9.58. The quantitative estimate of drug-likeness (QED) is 0.765. The van der Waals surface area contributed by atoms with Gasteiger partial charge < -0.3 is 14.7 Å². The molecule has 0 spiro atoms. The summed E-state index contributed by atoms with van der Waals surface area (Å²) in [5, 5.41) is 3.97. The van der Waals surface area contributed by atoms with Crippen molar-refractivity contribution in [1.29, 1.82) is 0 Å². The van der Waals surface area contributed by atoms with Gasteiger partial charge in [0.2, 0.25) is 5.76 Å². The van der Waals surface area contributed by atoms with Gasteiger partial charge >= 0.3 is 0 Å². The number of anilines is 1. The molecule has 102 valence electrons. The number of benzene rings is 1.